The van der Waals surface area contributed by atoms with Gasteiger partial charge in [0, 0.05) is 33.1 Å². The summed E-state index contributed by atoms with van der Waals surface area (Å²) in [6.07, 6.45) is 0. The number of hydrogen-bond acceptors (Lipinski definition) is 1. The summed E-state index contributed by atoms with van der Waals surface area (Å²) in [5.74, 6) is 0. The van der Waals surface area contributed by atoms with Crippen molar-refractivity contribution in [2.45, 2.75) is 0 Å². The number of rotatable bonds is 7. The third kappa shape index (κ3) is 5.57. The maximum Gasteiger partial charge on any atom is 0.0546 e. The summed E-state index contributed by atoms with van der Waals surface area (Å²) in [6.45, 7) is 0. The van der Waals surface area contributed by atoms with Crippen LogP contribution >= 0.6 is 0 Å². The molecule has 272 valence electrons. The number of nitrogens with zero attached hydrogens (tertiary/aromatic N) is 2. The average molecular weight is 739 g/mol. The molecular weight excluding hydrogens is 701 g/mol. The van der Waals surface area contributed by atoms with Crippen molar-refractivity contribution in [1.82, 2.24) is 4.57 Å². The topological polar surface area (TPSA) is 8.17 Å². The molecule has 10 aromatic carbocycles. The van der Waals surface area contributed by atoms with Gasteiger partial charge in [-0.05, 0) is 92.5 Å². The molecule has 2 heteroatoms. The molecular formula is C56H38N2. The highest BCUT2D eigenvalue weighted by Crippen LogP contribution is 2.45. The van der Waals surface area contributed by atoms with Gasteiger partial charge in [0.05, 0.1) is 22.4 Å². The number of fused-ring (bicyclic) bond motifs is 5. The largest absolute Gasteiger partial charge is 0.310 e. The Kier molecular flexibility index (Phi) is 8.19. The lowest BCUT2D eigenvalue weighted by Crippen LogP contribution is -2.10. The molecule has 0 atom stereocenters. The monoisotopic (exact) mass is 738 g/mol. The normalized spacial score (nSPS) is 11.4. The Morgan fingerprint density at radius 1 is 0.293 bits per heavy atom. The van der Waals surface area contributed by atoms with Crippen molar-refractivity contribution in [3.05, 3.63) is 231 Å². The van der Waals surface area contributed by atoms with Crippen LogP contribution in [0.2, 0.25) is 0 Å². The molecule has 0 bridgehead atoms. The molecule has 0 aliphatic heterocycles. The predicted molar refractivity (Wildman–Crippen MR) is 247 cm³/mol. The van der Waals surface area contributed by atoms with Crippen LogP contribution in [-0.2, 0) is 0 Å². The van der Waals surface area contributed by atoms with E-state index in [0.29, 0.717) is 0 Å². The highest BCUT2D eigenvalue weighted by molar-refractivity contribution is 6.11. The lowest BCUT2D eigenvalue weighted by molar-refractivity contribution is 1.18. The number of hydrogen-bond donors (Lipinski definition) is 0. The zero-order valence-electron chi connectivity index (χ0n) is 31.8. The van der Waals surface area contributed by atoms with Crippen LogP contribution < -0.4 is 4.90 Å². The van der Waals surface area contributed by atoms with E-state index in [1.807, 2.05) is 0 Å². The van der Waals surface area contributed by atoms with Crippen LogP contribution in [0.1, 0.15) is 0 Å². The van der Waals surface area contributed by atoms with Gasteiger partial charge in [-0.2, -0.15) is 0 Å². The first kappa shape index (κ1) is 33.6. The van der Waals surface area contributed by atoms with E-state index in [0.717, 1.165) is 28.3 Å². The van der Waals surface area contributed by atoms with Crippen LogP contribution in [0, 0.1) is 0 Å². The molecule has 0 saturated heterocycles. The molecule has 0 saturated carbocycles. The minimum absolute atomic E-state index is 1.10. The number of benzene rings is 10. The molecule has 11 rings (SSSR count). The Balaban J connectivity index is 1.08. The van der Waals surface area contributed by atoms with Gasteiger partial charge in [-0.15, -0.1) is 0 Å². The van der Waals surface area contributed by atoms with Gasteiger partial charge in [0.1, 0.15) is 0 Å². The lowest BCUT2D eigenvalue weighted by Gasteiger charge is -2.28. The van der Waals surface area contributed by atoms with E-state index in [9.17, 15) is 0 Å². The summed E-state index contributed by atoms with van der Waals surface area (Å²) in [5.41, 5.74) is 14.1. The molecule has 0 radical (unpaired) electrons. The second-order valence-electron chi connectivity index (χ2n) is 14.9. The second kappa shape index (κ2) is 14.1. The summed E-state index contributed by atoms with van der Waals surface area (Å²) < 4.78 is 2.44. The van der Waals surface area contributed by atoms with Crippen molar-refractivity contribution in [3.63, 3.8) is 0 Å². The number of para-hydroxylation sites is 3. The van der Waals surface area contributed by atoms with Crippen LogP contribution in [0.25, 0.3) is 82.4 Å². The molecule has 0 aliphatic rings. The third-order valence-electron chi connectivity index (χ3n) is 11.6. The van der Waals surface area contributed by atoms with Crippen LogP contribution in [-0.4, -0.2) is 4.57 Å². The van der Waals surface area contributed by atoms with E-state index >= 15 is 0 Å². The molecule has 0 spiro atoms. The molecule has 0 aliphatic carbocycles. The van der Waals surface area contributed by atoms with Crippen molar-refractivity contribution >= 4 is 60.4 Å². The van der Waals surface area contributed by atoms with E-state index in [1.165, 1.54) is 71.2 Å². The molecule has 0 fully saturated rings. The van der Waals surface area contributed by atoms with E-state index in [2.05, 4.69) is 240 Å². The molecule has 11 aromatic rings. The van der Waals surface area contributed by atoms with E-state index in [4.69, 9.17) is 0 Å². The minimum atomic E-state index is 1.10. The lowest BCUT2D eigenvalue weighted by atomic mass is 9.92. The smallest absolute Gasteiger partial charge is 0.0546 e. The van der Waals surface area contributed by atoms with Crippen LogP contribution in [0.3, 0.4) is 0 Å². The van der Waals surface area contributed by atoms with E-state index < -0.39 is 0 Å². The molecule has 0 N–H and O–H groups in total. The number of anilines is 3. The Labute approximate surface area is 338 Å². The van der Waals surface area contributed by atoms with Crippen molar-refractivity contribution in [3.8, 4) is 39.1 Å². The van der Waals surface area contributed by atoms with Gasteiger partial charge in [0.25, 0.3) is 0 Å². The zero-order chi connectivity index (χ0) is 38.4. The van der Waals surface area contributed by atoms with E-state index in [-0.39, 0.29) is 0 Å². The van der Waals surface area contributed by atoms with Gasteiger partial charge in [0.15, 0.2) is 0 Å². The summed E-state index contributed by atoms with van der Waals surface area (Å²) in [5, 5.41) is 7.44. The minimum Gasteiger partial charge on any atom is -0.310 e. The van der Waals surface area contributed by atoms with Crippen LogP contribution in [0.4, 0.5) is 17.1 Å². The van der Waals surface area contributed by atoms with Crippen molar-refractivity contribution in [1.29, 1.82) is 0 Å². The maximum absolute atomic E-state index is 2.44. The van der Waals surface area contributed by atoms with Gasteiger partial charge in [0.2, 0.25) is 0 Å². The molecule has 1 aromatic heterocycles. The number of aromatic nitrogens is 1. The standard InChI is InChI=1S/C56H38N2/c1-3-18-41(19-4-1)56-45(28-16-32-55(56)58-52-30-13-11-26-50(52)51-27-12-14-31-53(51)58)40-33-35-43(36-34-40)57(42-21-5-2-6-22-42)54-38-37-48(47-24-9-10-25-49(47)54)46-29-15-20-39-17-7-8-23-44(39)46/h1-38H. The van der Waals surface area contributed by atoms with Gasteiger partial charge in [-0.3, -0.25) is 0 Å². The Hall–Kier alpha value is -7.68. The maximum atomic E-state index is 2.44. The first-order valence-corrected chi connectivity index (χ1v) is 19.9. The molecule has 58 heavy (non-hydrogen) atoms. The third-order valence-corrected chi connectivity index (χ3v) is 11.6. The van der Waals surface area contributed by atoms with Crippen molar-refractivity contribution in [2.75, 3.05) is 4.90 Å². The fourth-order valence-electron chi connectivity index (χ4n) is 9.02. The molecule has 2 nitrogen and oxygen atoms in total. The van der Waals surface area contributed by atoms with Crippen molar-refractivity contribution < 1.29 is 0 Å². The fraction of sp³-hybridized carbons (Fsp3) is 0. The quantitative estimate of drug-likeness (QED) is 0.158. The SMILES string of the molecule is c1ccc(-c2c(-c3ccc(N(c4ccccc4)c4ccc(-c5cccc6ccccc56)c5ccccc45)cc3)cccc2-n2c3ccccc3c3ccccc32)cc1. The van der Waals surface area contributed by atoms with Crippen molar-refractivity contribution in [2.24, 2.45) is 0 Å². The highest BCUT2D eigenvalue weighted by Gasteiger charge is 2.21. The zero-order valence-corrected chi connectivity index (χ0v) is 31.8. The Bertz CT molecular complexity index is 3210. The van der Waals surface area contributed by atoms with Gasteiger partial charge >= 0.3 is 0 Å². The first-order chi connectivity index (χ1) is 28.8. The van der Waals surface area contributed by atoms with Crippen LogP contribution in [0.15, 0.2) is 231 Å². The average Bonchev–Trinajstić information content (AvgIpc) is 3.64. The van der Waals surface area contributed by atoms with E-state index in [1.54, 1.807) is 0 Å². The van der Waals surface area contributed by atoms with Crippen LogP contribution in [0.5, 0.6) is 0 Å². The second-order valence-corrected chi connectivity index (χ2v) is 14.9. The summed E-state index contributed by atoms with van der Waals surface area (Å²) in [7, 11) is 0. The summed E-state index contributed by atoms with van der Waals surface area (Å²) in [4.78, 5) is 2.39. The molecule has 0 unspecified atom stereocenters. The first-order valence-electron chi connectivity index (χ1n) is 19.9. The predicted octanol–water partition coefficient (Wildman–Crippen LogP) is 15.6. The fourth-order valence-corrected chi connectivity index (χ4v) is 9.02. The van der Waals surface area contributed by atoms with Gasteiger partial charge in [-0.1, -0.05) is 182 Å². The highest BCUT2D eigenvalue weighted by atomic mass is 15.1. The Morgan fingerprint density at radius 2 is 0.810 bits per heavy atom. The van der Waals surface area contributed by atoms with Gasteiger partial charge in [-0.25, -0.2) is 0 Å². The molecule has 0 amide bonds. The summed E-state index contributed by atoms with van der Waals surface area (Å²) in [6, 6.07) is 83.6. The molecule has 1 heterocycles. The Morgan fingerprint density at radius 3 is 1.53 bits per heavy atom. The van der Waals surface area contributed by atoms with Gasteiger partial charge < -0.3 is 9.47 Å². The summed E-state index contributed by atoms with van der Waals surface area (Å²) >= 11 is 0.